The molecule has 0 bridgehead atoms. The van der Waals surface area contributed by atoms with Gasteiger partial charge >= 0.3 is 0 Å². The molecule has 1 aliphatic heterocycles. The second kappa shape index (κ2) is 6.16. The van der Waals surface area contributed by atoms with E-state index in [9.17, 15) is 4.79 Å². The Morgan fingerprint density at radius 1 is 1.33 bits per heavy atom. The SMILES string of the molecule is CC1CCC(CN)(C(=O)CCC2CCCO2)CC1. The lowest BCUT2D eigenvalue weighted by Crippen LogP contribution is -2.41. The number of nitrogens with two attached hydrogens (primary N) is 1. The lowest BCUT2D eigenvalue weighted by Gasteiger charge is -2.37. The molecule has 2 rings (SSSR count). The minimum atomic E-state index is -0.203. The standard InChI is InChI=1S/C15H27NO2/c1-12-6-8-15(11-16,9-7-12)14(17)5-4-13-3-2-10-18-13/h12-13H,2-11,16H2,1H3. The maximum atomic E-state index is 12.5. The molecule has 0 aromatic heterocycles. The van der Waals surface area contributed by atoms with Gasteiger partial charge in [0, 0.05) is 25.0 Å². The van der Waals surface area contributed by atoms with Crippen molar-refractivity contribution in [3.8, 4) is 0 Å². The van der Waals surface area contributed by atoms with Gasteiger partial charge in [-0.05, 0) is 50.9 Å². The van der Waals surface area contributed by atoms with Gasteiger partial charge in [-0.15, -0.1) is 0 Å². The molecular weight excluding hydrogens is 226 g/mol. The minimum Gasteiger partial charge on any atom is -0.378 e. The highest BCUT2D eigenvalue weighted by Gasteiger charge is 2.39. The Bertz CT molecular complexity index is 276. The van der Waals surface area contributed by atoms with E-state index in [1.165, 1.54) is 0 Å². The van der Waals surface area contributed by atoms with Crippen molar-refractivity contribution in [1.82, 2.24) is 0 Å². The molecule has 3 heteroatoms. The Morgan fingerprint density at radius 3 is 2.61 bits per heavy atom. The summed E-state index contributed by atoms with van der Waals surface area (Å²) < 4.78 is 5.59. The fourth-order valence-corrected chi connectivity index (χ4v) is 3.34. The third-order valence-electron chi connectivity index (χ3n) is 4.93. The number of carbonyl (C=O) groups is 1. The lowest BCUT2D eigenvalue weighted by atomic mass is 9.67. The van der Waals surface area contributed by atoms with Crippen LogP contribution in [-0.2, 0) is 9.53 Å². The molecule has 18 heavy (non-hydrogen) atoms. The van der Waals surface area contributed by atoms with Crippen molar-refractivity contribution in [1.29, 1.82) is 0 Å². The zero-order valence-corrected chi connectivity index (χ0v) is 11.6. The van der Waals surface area contributed by atoms with E-state index in [2.05, 4.69) is 6.92 Å². The van der Waals surface area contributed by atoms with Gasteiger partial charge in [0.1, 0.15) is 5.78 Å². The quantitative estimate of drug-likeness (QED) is 0.819. The molecule has 1 atom stereocenters. The van der Waals surface area contributed by atoms with E-state index in [0.29, 0.717) is 24.9 Å². The minimum absolute atomic E-state index is 0.203. The topological polar surface area (TPSA) is 52.3 Å². The summed E-state index contributed by atoms with van der Waals surface area (Å²) in [5.41, 5.74) is 5.71. The van der Waals surface area contributed by atoms with Crippen LogP contribution >= 0.6 is 0 Å². The number of ether oxygens (including phenoxy) is 1. The number of ketones is 1. The zero-order chi connectivity index (χ0) is 13.0. The summed E-state index contributed by atoms with van der Waals surface area (Å²) in [6.07, 6.45) is 8.46. The first-order valence-electron chi connectivity index (χ1n) is 7.51. The molecule has 0 aromatic rings. The van der Waals surface area contributed by atoms with E-state index < -0.39 is 0 Å². The molecule has 2 N–H and O–H groups in total. The van der Waals surface area contributed by atoms with Gasteiger partial charge in [-0.25, -0.2) is 0 Å². The van der Waals surface area contributed by atoms with E-state index in [0.717, 1.165) is 57.5 Å². The van der Waals surface area contributed by atoms with Crippen molar-refractivity contribution in [2.45, 2.75) is 64.4 Å². The van der Waals surface area contributed by atoms with Crippen molar-refractivity contribution in [3.05, 3.63) is 0 Å². The van der Waals surface area contributed by atoms with Gasteiger partial charge in [0.05, 0.1) is 6.10 Å². The second-order valence-corrected chi connectivity index (χ2v) is 6.26. The van der Waals surface area contributed by atoms with Crippen LogP contribution < -0.4 is 5.73 Å². The van der Waals surface area contributed by atoms with E-state index in [-0.39, 0.29) is 5.41 Å². The van der Waals surface area contributed by atoms with Crippen molar-refractivity contribution < 1.29 is 9.53 Å². The van der Waals surface area contributed by atoms with Gasteiger partial charge in [0.2, 0.25) is 0 Å². The molecule has 0 spiro atoms. The van der Waals surface area contributed by atoms with E-state index in [1.807, 2.05) is 0 Å². The Kier molecular flexibility index (Phi) is 4.79. The maximum absolute atomic E-state index is 12.5. The smallest absolute Gasteiger partial charge is 0.140 e. The lowest BCUT2D eigenvalue weighted by molar-refractivity contribution is -0.131. The molecule has 0 amide bonds. The van der Waals surface area contributed by atoms with Crippen LogP contribution in [0.3, 0.4) is 0 Å². The predicted octanol–water partition coefficient (Wildman–Crippen LogP) is 2.67. The number of hydrogen-bond acceptors (Lipinski definition) is 3. The highest BCUT2D eigenvalue weighted by Crippen LogP contribution is 2.40. The highest BCUT2D eigenvalue weighted by atomic mass is 16.5. The van der Waals surface area contributed by atoms with Gasteiger partial charge in [-0.1, -0.05) is 6.92 Å². The molecular formula is C15H27NO2. The first-order chi connectivity index (χ1) is 8.66. The Morgan fingerprint density at radius 2 is 2.06 bits per heavy atom. The highest BCUT2D eigenvalue weighted by molar-refractivity contribution is 5.85. The summed E-state index contributed by atoms with van der Waals surface area (Å²) in [5, 5.41) is 0. The van der Waals surface area contributed by atoms with Crippen LogP contribution in [0.25, 0.3) is 0 Å². The number of hydrogen-bond donors (Lipinski definition) is 1. The van der Waals surface area contributed by atoms with E-state index in [4.69, 9.17) is 10.5 Å². The molecule has 0 radical (unpaired) electrons. The molecule has 1 saturated heterocycles. The fraction of sp³-hybridized carbons (Fsp3) is 0.933. The monoisotopic (exact) mass is 253 g/mol. The molecule has 1 aliphatic carbocycles. The molecule has 1 heterocycles. The van der Waals surface area contributed by atoms with Crippen LogP contribution in [0.2, 0.25) is 0 Å². The molecule has 2 fully saturated rings. The second-order valence-electron chi connectivity index (χ2n) is 6.26. The third kappa shape index (κ3) is 3.12. The van der Waals surface area contributed by atoms with Gasteiger partial charge in [0.25, 0.3) is 0 Å². The molecule has 0 aromatic carbocycles. The summed E-state index contributed by atoms with van der Waals surface area (Å²) in [5.74, 6) is 1.16. The summed E-state index contributed by atoms with van der Waals surface area (Å²) in [6, 6.07) is 0. The molecule has 1 unspecified atom stereocenters. The number of rotatable bonds is 5. The first-order valence-corrected chi connectivity index (χ1v) is 7.51. The Balaban J connectivity index is 1.84. The summed E-state index contributed by atoms with van der Waals surface area (Å²) >= 11 is 0. The fourth-order valence-electron chi connectivity index (χ4n) is 3.34. The summed E-state index contributed by atoms with van der Waals surface area (Å²) in [6.45, 7) is 3.68. The largest absolute Gasteiger partial charge is 0.378 e. The zero-order valence-electron chi connectivity index (χ0n) is 11.6. The Hall–Kier alpha value is -0.410. The van der Waals surface area contributed by atoms with Crippen molar-refractivity contribution in [3.63, 3.8) is 0 Å². The molecule has 2 aliphatic rings. The molecule has 3 nitrogen and oxygen atoms in total. The third-order valence-corrected chi connectivity index (χ3v) is 4.93. The first kappa shape index (κ1) is 14.0. The van der Waals surface area contributed by atoms with Gasteiger partial charge in [0.15, 0.2) is 0 Å². The van der Waals surface area contributed by atoms with Crippen LogP contribution in [0.5, 0.6) is 0 Å². The normalized spacial score (nSPS) is 36.8. The number of carbonyl (C=O) groups excluding carboxylic acids is 1. The molecule has 1 saturated carbocycles. The van der Waals surface area contributed by atoms with Crippen molar-refractivity contribution >= 4 is 5.78 Å². The average Bonchev–Trinajstić information content (AvgIpc) is 2.90. The van der Waals surface area contributed by atoms with Crippen molar-refractivity contribution in [2.24, 2.45) is 17.1 Å². The summed E-state index contributed by atoms with van der Waals surface area (Å²) in [4.78, 5) is 12.5. The van der Waals surface area contributed by atoms with Crippen molar-refractivity contribution in [2.75, 3.05) is 13.2 Å². The van der Waals surface area contributed by atoms with Crippen LogP contribution in [0, 0.1) is 11.3 Å². The summed E-state index contributed by atoms with van der Waals surface area (Å²) in [7, 11) is 0. The van der Waals surface area contributed by atoms with Crippen LogP contribution in [-0.4, -0.2) is 25.0 Å². The van der Waals surface area contributed by atoms with Crippen LogP contribution in [0.15, 0.2) is 0 Å². The maximum Gasteiger partial charge on any atom is 0.140 e. The van der Waals surface area contributed by atoms with Gasteiger partial charge in [-0.2, -0.15) is 0 Å². The number of Topliss-reactive ketones (excluding diaryl/α,β-unsaturated/α-hetero) is 1. The van der Waals surface area contributed by atoms with Gasteiger partial charge in [-0.3, -0.25) is 4.79 Å². The predicted molar refractivity (Wildman–Crippen MR) is 72.3 cm³/mol. The van der Waals surface area contributed by atoms with Crippen LogP contribution in [0.1, 0.15) is 58.3 Å². The van der Waals surface area contributed by atoms with E-state index in [1.54, 1.807) is 0 Å². The van der Waals surface area contributed by atoms with E-state index >= 15 is 0 Å². The Labute approximate surface area is 110 Å². The molecule has 104 valence electrons. The van der Waals surface area contributed by atoms with Crippen LogP contribution in [0.4, 0.5) is 0 Å². The average molecular weight is 253 g/mol. The van der Waals surface area contributed by atoms with Gasteiger partial charge < -0.3 is 10.5 Å².